The minimum atomic E-state index is -0.807. The van der Waals surface area contributed by atoms with E-state index >= 15 is 0 Å². The zero-order valence-corrected chi connectivity index (χ0v) is 11.3. The van der Waals surface area contributed by atoms with Crippen molar-refractivity contribution in [2.45, 2.75) is 32.8 Å². The van der Waals surface area contributed by atoms with Gasteiger partial charge in [0.05, 0.1) is 10.7 Å². The Morgan fingerprint density at radius 2 is 2.12 bits per heavy atom. The van der Waals surface area contributed by atoms with Crippen molar-refractivity contribution in [3.8, 4) is 0 Å². The van der Waals surface area contributed by atoms with Crippen molar-refractivity contribution in [3.63, 3.8) is 0 Å². The van der Waals surface area contributed by atoms with Crippen LogP contribution < -0.4 is 0 Å². The van der Waals surface area contributed by atoms with Crippen LogP contribution >= 0.6 is 22.7 Å². The topological polar surface area (TPSA) is 33.1 Å². The Morgan fingerprint density at radius 3 is 2.62 bits per heavy atom. The van der Waals surface area contributed by atoms with Gasteiger partial charge in [0.2, 0.25) is 0 Å². The number of aliphatic hydroxyl groups is 1. The maximum absolute atomic E-state index is 10.5. The molecule has 1 atom stereocenters. The SMILES string of the molecule is Cc1nc(CC(C)(O)c2sccc2C)cs1. The van der Waals surface area contributed by atoms with E-state index in [-0.39, 0.29) is 0 Å². The largest absolute Gasteiger partial charge is 0.384 e. The first-order valence-corrected chi connectivity index (χ1v) is 6.93. The van der Waals surface area contributed by atoms with Crippen molar-refractivity contribution in [3.05, 3.63) is 38.0 Å². The van der Waals surface area contributed by atoms with E-state index < -0.39 is 5.60 Å². The Hall–Kier alpha value is -0.710. The minimum Gasteiger partial charge on any atom is -0.384 e. The molecule has 0 aromatic carbocycles. The van der Waals surface area contributed by atoms with Crippen molar-refractivity contribution < 1.29 is 5.11 Å². The van der Waals surface area contributed by atoms with Gasteiger partial charge >= 0.3 is 0 Å². The highest BCUT2D eigenvalue weighted by molar-refractivity contribution is 7.10. The molecule has 0 aliphatic heterocycles. The van der Waals surface area contributed by atoms with Gasteiger partial charge in [-0.05, 0) is 37.8 Å². The van der Waals surface area contributed by atoms with Crippen LogP contribution in [-0.4, -0.2) is 10.1 Å². The molecule has 0 aliphatic carbocycles. The molecule has 0 bridgehead atoms. The summed E-state index contributed by atoms with van der Waals surface area (Å²) in [4.78, 5) is 5.44. The lowest BCUT2D eigenvalue weighted by molar-refractivity contribution is 0.0600. The summed E-state index contributed by atoms with van der Waals surface area (Å²) in [5.74, 6) is 0. The van der Waals surface area contributed by atoms with Gasteiger partial charge in [0.1, 0.15) is 5.60 Å². The highest BCUT2D eigenvalue weighted by Crippen LogP contribution is 2.32. The zero-order valence-electron chi connectivity index (χ0n) is 9.65. The number of rotatable bonds is 3. The number of hydrogen-bond donors (Lipinski definition) is 1. The normalized spacial score (nSPS) is 15.0. The van der Waals surface area contributed by atoms with E-state index in [1.807, 2.05) is 37.6 Å². The van der Waals surface area contributed by atoms with Crippen LogP contribution in [-0.2, 0) is 12.0 Å². The average molecular weight is 253 g/mol. The first kappa shape index (κ1) is 11.8. The van der Waals surface area contributed by atoms with Crippen molar-refractivity contribution in [1.82, 2.24) is 4.98 Å². The minimum absolute atomic E-state index is 0.582. The number of hydrogen-bond acceptors (Lipinski definition) is 4. The number of thiophene rings is 1. The highest BCUT2D eigenvalue weighted by Gasteiger charge is 2.27. The lowest BCUT2D eigenvalue weighted by Gasteiger charge is -2.22. The molecule has 2 rings (SSSR count). The van der Waals surface area contributed by atoms with Gasteiger partial charge in [-0.15, -0.1) is 22.7 Å². The average Bonchev–Trinajstić information content (AvgIpc) is 2.74. The molecule has 2 heterocycles. The first-order chi connectivity index (χ1) is 7.49. The summed E-state index contributed by atoms with van der Waals surface area (Å²) in [6, 6.07) is 2.04. The van der Waals surface area contributed by atoms with Crippen molar-refractivity contribution in [2.75, 3.05) is 0 Å². The number of aryl methyl sites for hydroxylation is 2. The van der Waals surface area contributed by atoms with E-state index in [4.69, 9.17) is 0 Å². The molecule has 4 heteroatoms. The molecule has 0 spiro atoms. The third-order valence-corrected chi connectivity index (χ3v) is 4.64. The Labute approximate surface area is 104 Å². The van der Waals surface area contributed by atoms with Crippen molar-refractivity contribution >= 4 is 22.7 Å². The maximum Gasteiger partial charge on any atom is 0.102 e. The molecule has 2 aromatic heterocycles. The lowest BCUT2D eigenvalue weighted by atomic mass is 9.96. The van der Waals surface area contributed by atoms with Crippen LogP contribution in [0, 0.1) is 13.8 Å². The van der Waals surface area contributed by atoms with Crippen LogP contribution in [0.2, 0.25) is 0 Å². The van der Waals surface area contributed by atoms with Crippen LogP contribution in [0.3, 0.4) is 0 Å². The number of nitrogens with zero attached hydrogens (tertiary/aromatic N) is 1. The summed E-state index contributed by atoms with van der Waals surface area (Å²) in [5.41, 5.74) is 1.32. The summed E-state index contributed by atoms with van der Waals surface area (Å²) in [5, 5.41) is 15.6. The third kappa shape index (κ3) is 2.34. The standard InChI is InChI=1S/C12H15NOS2/c1-8-4-5-15-11(8)12(3,14)6-10-7-16-9(2)13-10/h4-5,7,14H,6H2,1-3H3. The molecule has 2 aromatic rings. The first-order valence-electron chi connectivity index (χ1n) is 5.17. The van der Waals surface area contributed by atoms with Gasteiger partial charge in [0.15, 0.2) is 0 Å². The van der Waals surface area contributed by atoms with Crippen LogP contribution in [0.15, 0.2) is 16.8 Å². The van der Waals surface area contributed by atoms with E-state index in [9.17, 15) is 5.11 Å². The Bertz CT molecular complexity index is 485. The van der Waals surface area contributed by atoms with Crippen LogP contribution in [0.1, 0.15) is 28.1 Å². The van der Waals surface area contributed by atoms with Crippen LogP contribution in [0.5, 0.6) is 0 Å². The lowest BCUT2D eigenvalue weighted by Crippen LogP contribution is -2.24. The predicted octanol–water partition coefficient (Wildman–Crippen LogP) is 3.27. The molecule has 86 valence electrons. The molecule has 1 N–H and O–H groups in total. The van der Waals surface area contributed by atoms with Gasteiger partial charge in [-0.25, -0.2) is 4.98 Å². The fraction of sp³-hybridized carbons (Fsp3) is 0.417. The Balaban J connectivity index is 2.23. The maximum atomic E-state index is 10.5. The molecule has 1 unspecified atom stereocenters. The molecule has 0 saturated heterocycles. The molecule has 0 radical (unpaired) electrons. The van der Waals surface area contributed by atoms with E-state index in [0.717, 1.165) is 21.1 Å². The summed E-state index contributed by atoms with van der Waals surface area (Å²) in [6.45, 7) is 5.88. The summed E-state index contributed by atoms with van der Waals surface area (Å²) >= 11 is 3.24. The summed E-state index contributed by atoms with van der Waals surface area (Å²) in [7, 11) is 0. The van der Waals surface area contributed by atoms with Crippen LogP contribution in [0.4, 0.5) is 0 Å². The second kappa shape index (κ2) is 4.28. The van der Waals surface area contributed by atoms with Gasteiger partial charge in [-0.3, -0.25) is 0 Å². The second-order valence-corrected chi connectivity index (χ2v) is 6.22. The molecule has 0 fully saturated rings. The Morgan fingerprint density at radius 1 is 1.38 bits per heavy atom. The van der Waals surface area contributed by atoms with Crippen LogP contribution in [0.25, 0.3) is 0 Å². The van der Waals surface area contributed by atoms with Gasteiger partial charge in [-0.2, -0.15) is 0 Å². The van der Waals surface area contributed by atoms with E-state index in [2.05, 4.69) is 4.98 Å². The molecule has 16 heavy (non-hydrogen) atoms. The van der Waals surface area contributed by atoms with Gasteiger partial charge in [0, 0.05) is 16.7 Å². The fourth-order valence-electron chi connectivity index (χ4n) is 1.85. The molecule has 0 amide bonds. The number of thiazole rings is 1. The van der Waals surface area contributed by atoms with Crippen molar-refractivity contribution in [2.24, 2.45) is 0 Å². The van der Waals surface area contributed by atoms with E-state index in [1.54, 1.807) is 22.7 Å². The van der Waals surface area contributed by atoms with Gasteiger partial charge in [0.25, 0.3) is 0 Å². The number of aromatic nitrogens is 1. The van der Waals surface area contributed by atoms with Gasteiger partial charge in [-0.1, -0.05) is 0 Å². The zero-order chi connectivity index (χ0) is 11.8. The molecule has 2 nitrogen and oxygen atoms in total. The van der Waals surface area contributed by atoms with Crippen molar-refractivity contribution in [1.29, 1.82) is 0 Å². The molecule has 0 aliphatic rings. The molecule has 0 saturated carbocycles. The smallest absolute Gasteiger partial charge is 0.102 e. The van der Waals surface area contributed by atoms with Gasteiger partial charge < -0.3 is 5.11 Å². The third-order valence-electron chi connectivity index (χ3n) is 2.54. The summed E-state index contributed by atoms with van der Waals surface area (Å²) < 4.78 is 0. The van der Waals surface area contributed by atoms with E-state index in [0.29, 0.717) is 6.42 Å². The predicted molar refractivity (Wildman–Crippen MR) is 69.2 cm³/mol. The second-order valence-electron chi connectivity index (χ2n) is 4.24. The quantitative estimate of drug-likeness (QED) is 0.910. The highest BCUT2D eigenvalue weighted by atomic mass is 32.1. The molecular formula is C12H15NOS2. The molecular weight excluding hydrogens is 238 g/mol. The fourth-order valence-corrected chi connectivity index (χ4v) is 3.45. The summed E-state index contributed by atoms with van der Waals surface area (Å²) in [6.07, 6.45) is 0.582. The Kier molecular flexibility index (Phi) is 3.15. The van der Waals surface area contributed by atoms with E-state index in [1.165, 1.54) is 0 Å². The monoisotopic (exact) mass is 253 g/mol.